The molecule has 0 aromatic heterocycles. The lowest BCUT2D eigenvalue weighted by atomic mass is 9.59. The monoisotopic (exact) mass is 377 g/mol. The number of rotatable bonds is 4. The highest BCUT2D eigenvalue weighted by Crippen LogP contribution is 2.55. The molecular formula is C23H27N3O2. The zero-order chi connectivity index (χ0) is 19.9. The summed E-state index contributed by atoms with van der Waals surface area (Å²) >= 11 is 0. The summed E-state index contributed by atoms with van der Waals surface area (Å²) in [6.07, 6.45) is 1.03. The Balaban J connectivity index is 1.55. The van der Waals surface area contributed by atoms with Gasteiger partial charge >= 0.3 is 6.03 Å². The van der Waals surface area contributed by atoms with E-state index >= 15 is 0 Å². The smallest absolute Gasteiger partial charge is 0.315 e. The van der Waals surface area contributed by atoms with Crippen LogP contribution in [-0.4, -0.2) is 31.1 Å². The SMILES string of the molecule is CNC(=O)NC(C)(C)C(=O)NC[C@H]1CC2c3ccccc3C1c1ccccc12. The second-order valence-electron chi connectivity index (χ2n) is 8.32. The third-order valence-corrected chi connectivity index (χ3v) is 6.17. The van der Waals surface area contributed by atoms with E-state index in [4.69, 9.17) is 0 Å². The molecule has 0 spiro atoms. The second-order valence-corrected chi connectivity index (χ2v) is 8.32. The zero-order valence-corrected chi connectivity index (χ0v) is 16.6. The summed E-state index contributed by atoms with van der Waals surface area (Å²) < 4.78 is 0. The molecule has 0 saturated carbocycles. The van der Waals surface area contributed by atoms with Gasteiger partial charge in [-0.05, 0) is 48.4 Å². The normalized spacial score (nSPS) is 22.0. The lowest BCUT2D eigenvalue weighted by Gasteiger charge is -2.45. The van der Waals surface area contributed by atoms with E-state index in [1.807, 2.05) is 0 Å². The number of carbonyl (C=O) groups excluding carboxylic acids is 2. The van der Waals surface area contributed by atoms with Crippen molar-refractivity contribution in [2.24, 2.45) is 5.92 Å². The summed E-state index contributed by atoms with van der Waals surface area (Å²) in [6, 6.07) is 17.0. The molecule has 5 heteroatoms. The molecule has 0 heterocycles. The van der Waals surface area contributed by atoms with Crippen LogP contribution in [0.3, 0.4) is 0 Å². The molecule has 0 fully saturated rings. The Labute approximate surface area is 165 Å². The number of hydrogen-bond acceptors (Lipinski definition) is 2. The van der Waals surface area contributed by atoms with Crippen molar-refractivity contribution in [1.29, 1.82) is 0 Å². The Bertz CT molecular complexity index is 874. The van der Waals surface area contributed by atoms with Gasteiger partial charge in [-0.2, -0.15) is 0 Å². The second kappa shape index (κ2) is 6.97. The molecule has 2 aromatic rings. The molecule has 3 amide bonds. The van der Waals surface area contributed by atoms with Crippen LogP contribution in [0.1, 0.15) is 54.4 Å². The maximum absolute atomic E-state index is 12.7. The van der Waals surface area contributed by atoms with Gasteiger partial charge in [0.2, 0.25) is 5.91 Å². The third-order valence-electron chi connectivity index (χ3n) is 6.17. The first-order chi connectivity index (χ1) is 13.4. The van der Waals surface area contributed by atoms with E-state index in [1.165, 1.54) is 29.3 Å². The fourth-order valence-electron chi connectivity index (χ4n) is 4.81. The molecule has 1 atom stereocenters. The van der Waals surface area contributed by atoms with Crippen LogP contribution in [0.5, 0.6) is 0 Å². The van der Waals surface area contributed by atoms with Crippen molar-refractivity contribution in [3.63, 3.8) is 0 Å². The van der Waals surface area contributed by atoms with Crippen molar-refractivity contribution in [3.05, 3.63) is 70.8 Å². The fraction of sp³-hybridized carbons (Fsp3) is 0.391. The number of amides is 3. The molecule has 146 valence electrons. The van der Waals surface area contributed by atoms with Crippen molar-refractivity contribution in [2.75, 3.05) is 13.6 Å². The van der Waals surface area contributed by atoms with Gasteiger partial charge in [-0.25, -0.2) is 4.79 Å². The largest absolute Gasteiger partial charge is 0.354 e. The summed E-state index contributed by atoms with van der Waals surface area (Å²) in [6.45, 7) is 4.03. The van der Waals surface area contributed by atoms with Gasteiger partial charge in [0.25, 0.3) is 0 Å². The molecule has 3 N–H and O–H groups in total. The van der Waals surface area contributed by atoms with E-state index in [1.54, 1.807) is 13.8 Å². The molecule has 28 heavy (non-hydrogen) atoms. The average molecular weight is 377 g/mol. The summed E-state index contributed by atoms with van der Waals surface area (Å²) in [7, 11) is 1.54. The number of urea groups is 1. The molecule has 0 radical (unpaired) electrons. The molecular weight excluding hydrogens is 350 g/mol. The molecule has 2 aromatic carbocycles. The van der Waals surface area contributed by atoms with Gasteiger partial charge in [0.1, 0.15) is 5.54 Å². The van der Waals surface area contributed by atoms with Crippen LogP contribution in [0.2, 0.25) is 0 Å². The molecule has 0 saturated heterocycles. The Hall–Kier alpha value is -2.82. The topological polar surface area (TPSA) is 70.2 Å². The van der Waals surface area contributed by atoms with Crippen LogP contribution in [0.4, 0.5) is 4.79 Å². The minimum absolute atomic E-state index is 0.167. The Morgan fingerprint density at radius 2 is 1.50 bits per heavy atom. The minimum Gasteiger partial charge on any atom is -0.354 e. The summed E-state index contributed by atoms with van der Waals surface area (Å²) in [5.41, 5.74) is 4.66. The maximum Gasteiger partial charge on any atom is 0.315 e. The molecule has 0 unspecified atom stereocenters. The van der Waals surface area contributed by atoms with Crippen molar-refractivity contribution in [2.45, 2.75) is 37.6 Å². The minimum atomic E-state index is -0.969. The fourth-order valence-corrected chi connectivity index (χ4v) is 4.81. The Kier molecular flexibility index (Phi) is 4.61. The summed E-state index contributed by atoms with van der Waals surface area (Å²) in [5, 5.41) is 8.28. The zero-order valence-electron chi connectivity index (χ0n) is 16.6. The first kappa shape index (κ1) is 18.5. The van der Waals surface area contributed by atoms with Gasteiger partial charge in [0, 0.05) is 25.4 Å². The first-order valence-electron chi connectivity index (χ1n) is 9.88. The third kappa shape index (κ3) is 3.05. The lowest BCUT2D eigenvalue weighted by molar-refractivity contribution is -0.126. The van der Waals surface area contributed by atoms with Gasteiger partial charge in [0.15, 0.2) is 0 Å². The van der Waals surface area contributed by atoms with Gasteiger partial charge in [-0.15, -0.1) is 0 Å². The van der Waals surface area contributed by atoms with Crippen LogP contribution in [0.25, 0.3) is 0 Å². The predicted molar refractivity (Wildman–Crippen MR) is 109 cm³/mol. The van der Waals surface area contributed by atoms with Crippen molar-refractivity contribution in [3.8, 4) is 0 Å². The van der Waals surface area contributed by atoms with Crippen LogP contribution in [0.15, 0.2) is 48.5 Å². The van der Waals surface area contributed by atoms with E-state index in [0.717, 1.165) is 6.42 Å². The summed E-state index contributed by atoms with van der Waals surface area (Å²) in [5.74, 6) is 0.859. The van der Waals surface area contributed by atoms with Gasteiger partial charge in [-0.1, -0.05) is 48.5 Å². The van der Waals surface area contributed by atoms with Crippen molar-refractivity contribution < 1.29 is 9.59 Å². The highest BCUT2D eigenvalue weighted by Gasteiger charge is 2.43. The molecule has 5 nitrogen and oxygen atoms in total. The molecule has 3 aliphatic rings. The van der Waals surface area contributed by atoms with Crippen molar-refractivity contribution in [1.82, 2.24) is 16.0 Å². The van der Waals surface area contributed by atoms with E-state index in [9.17, 15) is 9.59 Å². The number of benzene rings is 2. The Morgan fingerprint density at radius 1 is 0.964 bits per heavy atom. The average Bonchev–Trinajstić information content (AvgIpc) is 2.71. The molecule has 5 rings (SSSR count). The lowest BCUT2D eigenvalue weighted by Crippen LogP contribution is -2.57. The number of fused-ring (bicyclic) bond motifs is 1. The number of nitrogens with one attached hydrogen (secondary N) is 3. The summed E-state index contributed by atoms with van der Waals surface area (Å²) in [4.78, 5) is 24.3. The highest BCUT2D eigenvalue weighted by molar-refractivity contribution is 5.90. The van der Waals surface area contributed by atoms with Crippen LogP contribution < -0.4 is 16.0 Å². The molecule has 2 bridgehead atoms. The van der Waals surface area contributed by atoms with Gasteiger partial charge in [-0.3, -0.25) is 4.79 Å². The van der Waals surface area contributed by atoms with Crippen molar-refractivity contribution >= 4 is 11.9 Å². The first-order valence-corrected chi connectivity index (χ1v) is 9.88. The van der Waals surface area contributed by atoms with Crippen LogP contribution >= 0.6 is 0 Å². The molecule has 0 aliphatic heterocycles. The van der Waals surface area contributed by atoms with E-state index < -0.39 is 5.54 Å². The van der Waals surface area contributed by atoms with Crippen LogP contribution in [0, 0.1) is 5.92 Å². The van der Waals surface area contributed by atoms with E-state index in [2.05, 4.69) is 64.5 Å². The van der Waals surface area contributed by atoms with Gasteiger partial charge < -0.3 is 16.0 Å². The number of hydrogen-bond donors (Lipinski definition) is 3. The van der Waals surface area contributed by atoms with E-state index in [-0.39, 0.29) is 11.9 Å². The van der Waals surface area contributed by atoms with Crippen LogP contribution in [-0.2, 0) is 4.79 Å². The highest BCUT2D eigenvalue weighted by atomic mass is 16.2. The standard InChI is InChI=1S/C23H27N3O2/c1-23(2,26-22(28)24-3)21(27)25-13-14-12-19-15-8-4-6-10-17(15)20(14)18-11-7-5-9-16(18)19/h4-11,14,19-20H,12-13H2,1-3H3,(H,25,27)(H2,24,26,28)/t14-,19?,20?/m1/s1. The maximum atomic E-state index is 12.7. The number of carbonyl (C=O) groups is 2. The molecule has 3 aliphatic carbocycles. The van der Waals surface area contributed by atoms with E-state index in [0.29, 0.717) is 24.3 Å². The van der Waals surface area contributed by atoms with Gasteiger partial charge in [0.05, 0.1) is 0 Å². The predicted octanol–water partition coefficient (Wildman–Crippen LogP) is 3.11. The Morgan fingerprint density at radius 3 is 2.04 bits per heavy atom. The quantitative estimate of drug-likeness (QED) is 0.766.